The van der Waals surface area contributed by atoms with Gasteiger partial charge in [0.2, 0.25) is 0 Å². The molecule has 0 saturated carbocycles. The molecule has 0 unspecified atom stereocenters. The maximum atomic E-state index is 12.2. The Morgan fingerprint density at radius 3 is 2.61 bits per heavy atom. The van der Waals surface area contributed by atoms with Gasteiger partial charge in [0.05, 0.1) is 6.61 Å². The third-order valence-corrected chi connectivity index (χ3v) is 5.77. The highest BCUT2D eigenvalue weighted by Gasteiger charge is 2.38. The number of likely N-dealkylation sites (tertiary alicyclic amines) is 1. The normalized spacial score (nSPS) is 21.9. The van der Waals surface area contributed by atoms with E-state index in [4.69, 9.17) is 26.4 Å². The van der Waals surface area contributed by atoms with E-state index in [-0.39, 0.29) is 17.6 Å². The van der Waals surface area contributed by atoms with Gasteiger partial charge >= 0.3 is 6.09 Å². The second kappa shape index (κ2) is 7.66. The van der Waals surface area contributed by atoms with Gasteiger partial charge in [-0.2, -0.15) is 0 Å². The topological polar surface area (TPSA) is 63.3 Å². The number of ether oxygens (including phenoxy) is 3. The van der Waals surface area contributed by atoms with Crippen LogP contribution in [-0.4, -0.2) is 66.5 Å². The molecule has 3 aliphatic heterocycles. The average molecular weight is 406 g/mol. The molecule has 0 aromatic heterocycles. The number of cyclic esters (lactones) is 1. The van der Waals surface area contributed by atoms with E-state index in [1.807, 2.05) is 23.1 Å². The molecule has 0 radical (unpaired) electrons. The van der Waals surface area contributed by atoms with Crippen molar-refractivity contribution in [2.75, 3.05) is 44.8 Å². The zero-order chi connectivity index (χ0) is 19.7. The predicted octanol–water partition coefficient (Wildman–Crippen LogP) is 3.10. The Morgan fingerprint density at radius 2 is 1.86 bits per heavy atom. The van der Waals surface area contributed by atoms with Crippen LogP contribution in [0.1, 0.15) is 26.7 Å². The number of nitrogens with zero attached hydrogens (tertiary/aromatic N) is 2. The number of benzene rings is 1. The number of carbonyl (C=O) groups is 1. The Balaban J connectivity index is 1.32. The van der Waals surface area contributed by atoms with E-state index in [0.717, 1.165) is 49.7 Å². The summed E-state index contributed by atoms with van der Waals surface area (Å²) in [5.41, 5.74) is 0.887. The van der Waals surface area contributed by atoms with Crippen molar-refractivity contribution >= 4 is 29.1 Å². The van der Waals surface area contributed by atoms with Crippen molar-refractivity contribution in [1.29, 1.82) is 0 Å². The highest BCUT2D eigenvalue weighted by atomic mass is 32.1. The molecule has 1 aromatic carbocycles. The van der Waals surface area contributed by atoms with Crippen LogP contribution < -0.4 is 14.8 Å². The van der Waals surface area contributed by atoms with E-state index in [1.165, 1.54) is 0 Å². The summed E-state index contributed by atoms with van der Waals surface area (Å²) >= 11 is 5.60. The van der Waals surface area contributed by atoms with Crippen LogP contribution in [0.15, 0.2) is 18.2 Å². The first-order valence-electron chi connectivity index (χ1n) is 9.80. The Morgan fingerprint density at radius 1 is 1.14 bits per heavy atom. The lowest BCUT2D eigenvalue weighted by molar-refractivity contribution is -0.0133. The Hall–Kier alpha value is -2.22. The smallest absolute Gasteiger partial charge is 0.410 e. The fourth-order valence-electron chi connectivity index (χ4n) is 3.89. The van der Waals surface area contributed by atoms with Gasteiger partial charge in [0.15, 0.2) is 16.6 Å². The summed E-state index contributed by atoms with van der Waals surface area (Å²) in [7, 11) is 0. The molecule has 152 valence electrons. The second-order valence-corrected chi connectivity index (χ2v) is 8.74. The zero-order valence-electron chi connectivity index (χ0n) is 16.4. The number of hydrogen-bond acceptors (Lipinski definition) is 5. The van der Waals surface area contributed by atoms with Gasteiger partial charge < -0.3 is 29.3 Å². The van der Waals surface area contributed by atoms with Crippen molar-refractivity contribution in [2.24, 2.45) is 5.41 Å². The molecule has 3 heterocycles. The van der Waals surface area contributed by atoms with Gasteiger partial charge in [-0.1, -0.05) is 13.8 Å². The minimum atomic E-state index is -0.185. The predicted molar refractivity (Wildman–Crippen MR) is 110 cm³/mol. The number of amides is 1. The van der Waals surface area contributed by atoms with Gasteiger partial charge in [-0.3, -0.25) is 0 Å². The third-order valence-electron chi connectivity index (χ3n) is 5.41. The van der Waals surface area contributed by atoms with Crippen LogP contribution in [-0.2, 0) is 4.74 Å². The number of nitrogens with one attached hydrogen (secondary N) is 1. The summed E-state index contributed by atoms with van der Waals surface area (Å²) in [6.45, 7) is 8.26. The van der Waals surface area contributed by atoms with E-state index in [2.05, 4.69) is 24.1 Å². The van der Waals surface area contributed by atoms with Crippen molar-refractivity contribution < 1.29 is 19.0 Å². The largest absolute Gasteiger partial charge is 0.486 e. The van der Waals surface area contributed by atoms with Crippen LogP contribution in [0, 0.1) is 5.41 Å². The molecular weight excluding hydrogens is 378 g/mol. The van der Waals surface area contributed by atoms with E-state index < -0.39 is 0 Å². The van der Waals surface area contributed by atoms with Gasteiger partial charge in [-0.15, -0.1) is 0 Å². The molecule has 0 atom stereocenters. The molecule has 2 saturated heterocycles. The molecule has 3 aliphatic rings. The standard InChI is InChI=1S/C20H27N3O4S/c1-20(2)12-23(19(24)27-13-20)15-5-7-22(8-6-15)18(28)21-14-3-4-16-17(11-14)26-10-9-25-16/h3-4,11,15H,5-10,12-13H2,1-2H3,(H,21,28). The lowest BCUT2D eigenvalue weighted by Crippen LogP contribution is -2.55. The maximum Gasteiger partial charge on any atom is 0.410 e. The van der Waals surface area contributed by atoms with Crippen molar-refractivity contribution in [2.45, 2.75) is 32.7 Å². The van der Waals surface area contributed by atoms with Gasteiger partial charge in [-0.25, -0.2) is 4.79 Å². The average Bonchev–Trinajstić information content (AvgIpc) is 2.70. The molecule has 1 N–H and O–H groups in total. The maximum absolute atomic E-state index is 12.2. The molecule has 0 bridgehead atoms. The van der Waals surface area contributed by atoms with Crippen LogP contribution in [0.3, 0.4) is 0 Å². The first-order valence-corrected chi connectivity index (χ1v) is 10.2. The lowest BCUT2D eigenvalue weighted by atomic mass is 9.91. The molecule has 7 nitrogen and oxygen atoms in total. The first kappa shape index (κ1) is 19.1. The zero-order valence-corrected chi connectivity index (χ0v) is 17.2. The molecule has 8 heteroatoms. The van der Waals surface area contributed by atoms with Crippen LogP contribution in [0.2, 0.25) is 0 Å². The highest BCUT2D eigenvalue weighted by molar-refractivity contribution is 7.80. The quantitative estimate of drug-likeness (QED) is 0.759. The van der Waals surface area contributed by atoms with Crippen LogP contribution in [0.5, 0.6) is 11.5 Å². The Bertz CT molecular complexity index is 762. The van der Waals surface area contributed by atoms with Crippen LogP contribution in [0.25, 0.3) is 0 Å². The van der Waals surface area contributed by atoms with Gasteiger partial charge in [0.1, 0.15) is 13.2 Å². The van der Waals surface area contributed by atoms with Crippen molar-refractivity contribution in [3.63, 3.8) is 0 Å². The van der Waals surface area contributed by atoms with Gasteiger partial charge in [0, 0.05) is 42.8 Å². The number of rotatable bonds is 2. The summed E-state index contributed by atoms with van der Waals surface area (Å²) in [6.07, 6.45) is 1.58. The summed E-state index contributed by atoms with van der Waals surface area (Å²) < 4.78 is 16.6. The highest BCUT2D eigenvalue weighted by Crippen LogP contribution is 2.33. The summed E-state index contributed by atoms with van der Waals surface area (Å²) in [6, 6.07) is 5.97. The molecule has 1 aromatic rings. The van der Waals surface area contributed by atoms with E-state index in [0.29, 0.717) is 24.9 Å². The molecule has 1 amide bonds. The molecule has 0 aliphatic carbocycles. The monoisotopic (exact) mass is 405 g/mol. The number of piperidine rings is 1. The summed E-state index contributed by atoms with van der Waals surface area (Å²) in [4.78, 5) is 16.2. The van der Waals surface area contributed by atoms with Crippen LogP contribution >= 0.6 is 12.2 Å². The molecular formula is C20H27N3O4S. The molecule has 4 rings (SSSR count). The molecule has 2 fully saturated rings. The number of carbonyl (C=O) groups excluding carboxylic acids is 1. The first-order chi connectivity index (χ1) is 13.4. The lowest BCUT2D eigenvalue weighted by Gasteiger charge is -2.44. The number of anilines is 1. The third kappa shape index (κ3) is 4.11. The fraction of sp³-hybridized carbons (Fsp3) is 0.600. The molecule has 0 spiro atoms. The minimum absolute atomic E-state index is 0.000133. The van der Waals surface area contributed by atoms with E-state index >= 15 is 0 Å². The summed E-state index contributed by atoms with van der Waals surface area (Å²) in [5.74, 6) is 1.50. The molecule has 28 heavy (non-hydrogen) atoms. The minimum Gasteiger partial charge on any atom is -0.486 e. The van der Waals surface area contributed by atoms with Crippen molar-refractivity contribution in [3.05, 3.63) is 18.2 Å². The number of thiocarbonyl (C=S) groups is 1. The van der Waals surface area contributed by atoms with Gasteiger partial charge in [-0.05, 0) is 37.2 Å². The van der Waals surface area contributed by atoms with Crippen LogP contribution in [0.4, 0.5) is 10.5 Å². The Kier molecular flexibility index (Phi) is 5.23. The number of hydrogen-bond donors (Lipinski definition) is 1. The van der Waals surface area contributed by atoms with E-state index in [1.54, 1.807) is 0 Å². The number of fused-ring (bicyclic) bond motifs is 1. The second-order valence-electron chi connectivity index (χ2n) is 8.35. The Labute approximate surface area is 170 Å². The van der Waals surface area contributed by atoms with Crippen molar-refractivity contribution in [3.8, 4) is 11.5 Å². The fourth-order valence-corrected chi connectivity index (χ4v) is 4.19. The van der Waals surface area contributed by atoms with E-state index in [9.17, 15) is 4.79 Å². The van der Waals surface area contributed by atoms with Gasteiger partial charge in [0.25, 0.3) is 0 Å². The van der Waals surface area contributed by atoms with Crippen molar-refractivity contribution in [1.82, 2.24) is 9.80 Å². The SMILES string of the molecule is CC1(C)COC(=O)N(C2CCN(C(=S)Nc3ccc4c(c3)OCCO4)CC2)C1. The summed E-state index contributed by atoms with van der Waals surface area (Å²) in [5, 5.41) is 3.99.